The third-order valence-electron chi connectivity index (χ3n) is 3.65. The molecule has 18 heavy (non-hydrogen) atoms. The maximum Gasteiger partial charge on any atom is 0.129 e. The molecule has 0 heterocycles. The molecule has 1 N–H and O–H groups in total. The van der Waals surface area contributed by atoms with Gasteiger partial charge in [-0.15, -0.1) is 11.6 Å². The van der Waals surface area contributed by atoms with Crippen LogP contribution in [0.2, 0.25) is 5.02 Å². The van der Waals surface area contributed by atoms with E-state index in [4.69, 9.17) is 23.2 Å². The van der Waals surface area contributed by atoms with Gasteiger partial charge in [0.15, 0.2) is 0 Å². The van der Waals surface area contributed by atoms with E-state index in [1.807, 2.05) is 0 Å². The van der Waals surface area contributed by atoms with Crippen molar-refractivity contribution in [2.75, 3.05) is 12.4 Å². The van der Waals surface area contributed by atoms with Gasteiger partial charge in [0.2, 0.25) is 0 Å². The normalized spacial score (nSPS) is 11.8. The molecule has 4 heteroatoms. The van der Waals surface area contributed by atoms with Gasteiger partial charge in [0, 0.05) is 29.6 Å². The molecule has 0 aliphatic heterocycles. The number of alkyl halides is 1. The van der Waals surface area contributed by atoms with E-state index in [2.05, 4.69) is 19.2 Å². The van der Waals surface area contributed by atoms with Crippen molar-refractivity contribution in [3.8, 4) is 0 Å². The molecule has 1 aromatic rings. The lowest BCUT2D eigenvalue weighted by atomic mass is 9.84. The van der Waals surface area contributed by atoms with Crippen molar-refractivity contribution in [2.24, 2.45) is 5.41 Å². The molecule has 0 aromatic heterocycles. The molecule has 0 fully saturated rings. The molecule has 0 saturated heterocycles. The maximum atomic E-state index is 13.6. The van der Waals surface area contributed by atoms with Crippen molar-refractivity contribution in [3.05, 3.63) is 34.6 Å². The van der Waals surface area contributed by atoms with Crippen LogP contribution in [-0.4, -0.2) is 12.4 Å². The average Bonchev–Trinajstić information content (AvgIpc) is 2.38. The van der Waals surface area contributed by atoms with Crippen molar-refractivity contribution in [1.29, 1.82) is 0 Å². The summed E-state index contributed by atoms with van der Waals surface area (Å²) in [5.41, 5.74) is 0.606. The summed E-state index contributed by atoms with van der Waals surface area (Å²) in [7, 11) is 0. The minimum Gasteiger partial charge on any atom is -0.312 e. The minimum atomic E-state index is -0.264. The largest absolute Gasteiger partial charge is 0.312 e. The molecule has 1 nitrogen and oxygen atoms in total. The van der Waals surface area contributed by atoms with E-state index in [-0.39, 0.29) is 11.2 Å². The Hall–Kier alpha value is -0.310. The topological polar surface area (TPSA) is 12.0 Å². The first-order valence-corrected chi connectivity index (χ1v) is 7.19. The smallest absolute Gasteiger partial charge is 0.129 e. The second kappa shape index (κ2) is 7.32. The van der Waals surface area contributed by atoms with E-state index >= 15 is 0 Å². The number of hydrogen-bond acceptors (Lipinski definition) is 1. The van der Waals surface area contributed by atoms with Crippen LogP contribution < -0.4 is 5.32 Å². The second-order valence-corrected chi connectivity index (χ2v) is 5.32. The molecule has 0 atom stereocenters. The molecule has 0 amide bonds. The van der Waals surface area contributed by atoms with E-state index in [1.54, 1.807) is 12.1 Å². The molecule has 1 aromatic carbocycles. The number of hydrogen-bond donors (Lipinski definition) is 1. The minimum absolute atomic E-state index is 0.0826. The van der Waals surface area contributed by atoms with Crippen LogP contribution in [0.4, 0.5) is 4.39 Å². The van der Waals surface area contributed by atoms with Gasteiger partial charge in [0.1, 0.15) is 5.82 Å². The Bertz CT molecular complexity index is 350. The molecule has 102 valence electrons. The zero-order valence-corrected chi connectivity index (χ0v) is 12.4. The fourth-order valence-electron chi connectivity index (χ4n) is 1.89. The first-order valence-electron chi connectivity index (χ1n) is 6.28. The van der Waals surface area contributed by atoms with E-state index in [0.29, 0.717) is 23.0 Å². The molecule has 0 radical (unpaired) electrons. The van der Waals surface area contributed by atoms with Crippen LogP contribution in [0.15, 0.2) is 18.2 Å². The summed E-state index contributed by atoms with van der Waals surface area (Å²) in [5, 5.41) is 3.73. The fourth-order valence-corrected chi connectivity index (χ4v) is 2.59. The molecule has 0 aliphatic rings. The van der Waals surface area contributed by atoms with Crippen LogP contribution in [0.25, 0.3) is 0 Å². The molecule has 0 aliphatic carbocycles. The van der Waals surface area contributed by atoms with Gasteiger partial charge in [-0.3, -0.25) is 0 Å². The van der Waals surface area contributed by atoms with E-state index in [0.717, 1.165) is 19.4 Å². The number of rotatable bonds is 7. The monoisotopic (exact) mass is 291 g/mol. The lowest BCUT2D eigenvalue weighted by molar-refractivity contribution is 0.285. The lowest BCUT2D eigenvalue weighted by Crippen LogP contribution is -2.35. The third kappa shape index (κ3) is 3.84. The first-order chi connectivity index (χ1) is 8.58. The maximum absolute atomic E-state index is 13.6. The highest BCUT2D eigenvalue weighted by Gasteiger charge is 2.24. The average molecular weight is 292 g/mol. The van der Waals surface area contributed by atoms with Crippen LogP contribution in [0, 0.1) is 11.2 Å². The Labute approximate surface area is 119 Å². The molecule has 0 bridgehead atoms. The van der Waals surface area contributed by atoms with Gasteiger partial charge in [0.05, 0.1) is 0 Å². The van der Waals surface area contributed by atoms with Gasteiger partial charge in [-0.05, 0) is 30.4 Å². The summed E-state index contributed by atoms with van der Waals surface area (Å²) in [6.45, 7) is 5.46. The highest BCUT2D eigenvalue weighted by Crippen LogP contribution is 2.27. The number of nitrogens with one attached hydrogen (secondary N) is 1. The molecule has 1 rings (SSSR count). The zero-order valence-electron chi connectivity index (χ0n) is 10.9. The van der Waals surface area contributed by atoms with E-state index < -0.39 is 0 Å². The van der Waals surface area contributed by atoms with Crippen LogP contribution >= 0.6 is 23.2 Å². The van der Waals surface area contributed by atoms with Crippen LogP contribution in [0.1, 0.15) is 32.3 Å². The van der Waals surface area contributed by atoms with Crippen LogP contribution in [-0.2, 0) is 6.54 Å². The summed E-state index contributed by atoms with van der Waals surface area (Å²) in [4.78, 5) is 0. The van der Waals surface area contributed by atoms with Crippen molar-refractivity contribution in [2.45, 2.75) is 33.2 Å². The Balaban J connectivity index is 2.61. The van der Waals surface area contributed by atoms with Gasteiger partial charge >= 0.3 is 0 Å². The third-order valence-corrected chi connectivity index (χ3v) is 4.57. The summed E-state index contributed by atoms with van der Waals surface area (Å²) in [6, 6.07) is 4.75. The predicted molar refractivity (Wildman–Crippen MR) is 76.9 cm³/mol. The van der Waals surface area contributed by atoms with Gasteiger partial charge in [-0.25, -0.2) is 4.39 Å². The van der Waals surface area contributed by atoms with Crippen molar-refractivity contribution < 1.29 is 4.39 Å². The van der Waals surface area contributed by atoms with Gasteiger partial charge in [0.25, 0.3) is 0 Å². The Kier molecular flexibility index (Phi) is 6.40. The van der Waals surface area contributed by atoms with E-state index in [1.165, 1.54) is 6.07 Å². The fraction of sp³-hybridized carbons (Fsp3) is 0.571. The predicted octanol–water partition coefficient (Wildman–Crippen LogP) is 4.61. The van der Waals surface area contributed by atoms with Gasteiger partial charge in [-0.2, -0.15) is 0 Å². The van der Waals surface area contributed by atoms with Gasteiger partial charge < -0.3 is 5.32 Å². The Morgan fingerprint density at radius 2 is 1.94 bits per heavy atom. The highest BCUT2D eigenvalue weighted by atomic mass is 35.5. The molecule has 0 saturated carbocycles. The summed E-state index contributed by atoms with van der Waals surface area (Å²) in [6.07, 6.45) is 2.01. The second-order valence-electron chi connectivity index (χ2n) is 4.64. The van der Waals surface area contributed by atoms with Crippen molar-refractivity contribution >= 4 is 23.2 Å². The molecule has 0 unspecified atom stereocenters. The molecular weight excluding hydrogens is 272 g/mol. The Morgan fingerprint density at radius 3 is 2.44 bits per heavy atom. The molecule has 0 spiro atoms. The summed E-state index contributed by atoms with van der Waals surface area (Å²) < 4.78 is 13.6. The lowest BCUT2D eigenvalue weighted by Gasteiger charge is -2.29. The standard InChI is InChI=1S/C14H20Cl2FN/c1-3-14(4-2,9-15)10-18-8-11-12(16)6-5-7-13(11)17/h5-7,18H,3-4,8-10H2,1-2H3. The summed E-state index contributed by atoms with van der Waals surface area (Å²) in [5.74, 6) is 0.345. The van der Waals surface area contributed by atoms with Crippen LogP contribution in [0.3, 0.4) is 0 Å². The quantitative estimate of drug-likeness (QED) is 0.723. The van der Waals surface area contributed by atoms with E-state index in [9.17, 15) is 4.39 Å². The number of halogens is 3. The first kappa shape index (κ1) is 15.7. The van der Waals surface area contributed by atoms with Crippen molar-refractivity contribution in [3.63, 3.8) is 0 Å². The molecular formula is C14H20Cl2FN. The SMILES string of the molecule is CCC(CC)(CCl)CNCc1c(F)cccc1Cl. The highest BCUT2D eigenvalue weighted by molar-refractivity contribution is 6.31. The number of benzene rings is 1. The summed E-state index contributed by atoms with van der Waals surface area (Å²) >= 11 is 12.0. The van der Waals surface area contributed by atoms with Crippen molar-refractivity contribution in [1.82, 2.24) is 5.32 Å². The Morgan fingerprint density at radius 1 is 1.28 bits per heavy atom. The van der Waals surface area contributed by atoms with Gasteiger partial charge in [-0.1, -0.05) is 31.5 Å². The zero-order chi connectivity index (χ0) is 13.6. The van der Waals surface area contributed by atoms with Crippen LogP contribution in [0.5, 0.6) is 0 Å².